The Hall–Kier alpha value is -1.50. The van der Waals surface area contributed by atoms with Crippen LogP contribution in [0.4, 0.5) is 5.69 Å². The summed E-state index contributed by atoms with van der Waals surface area (Å²) in [5.41, 5.74) is 1.53. The second kappa shape index (κ2) is 4.17. The molecule has 0 fully saturated rings. The van der Waals surface area contributed by atoms with Crippen molar-refractivity contribution in [2.24, 2.45) is 5.41 Å². The molecule has 0 saturated heterocycles. The molecule has 0 saturated carbocycles. The summed E-state index contributed by atoms with van der Waals surface area (Å²) >= 11 is 0. The third-order valence-corrected chi connectivity index (χ3v) is 2.60. The van der Waals surface area contributed by atoms with E-state index < -0.39 is 0 Å². The summed E-state index contributed by atoms with van der Waals surface area (Å²) in [4.78, 5) is 0. The molecule has 84 valence electrons. The van der Waals surface area contributed by atoms with Gasteiger partial charge in [-0.3, -0.25) is 0 Å². The summed E-state index contributed by atoms with van der Waals surface area (Å²) in [6, 6.07) is 14.9. The summed E-state index contributed by atoms with van der Waals surface area (Å²) in [7, 11) is 0. The molecule has 0 aromatic heterocycles. The van der Waals surface area contributed by atoms with Crippen LogP contribution in [0.1, 0.15) is 20.8 Å². The van der Waals surface area contributed by atoms with E-state index in [0.717, 1.165) is 6.54 Å². The average Bonchev–Trinajstić information content (AvgIpc) is 2.25. The molecule has 2 aromatic carbocycles. The maximum atomic E-state index is 3.53. The first-order chi connectivity index (χ1) is 7.56. The van der Waals surface area contributed by atoms with Crippen molar-refractivity contribution in [3.05, 3.63) is 42.5 Å². The molecule has 0 aliphatic heterocycles. The highest BCUT2D eigenvalue weighted by molar-refractivity contribution is 5.93. The van der Waals surface area contributed by atoms with Gasteiger partial charge in [-0.15, -0.1) is 0 Å². The van der Waals surface area contributed by atoms with Gasteiger partial charge < -0.3 is 5.32 Å². The van der Waals surface area contributed by atoms with Crippen LogP contribution < -0.4 is 5.32 Å². The zero-order valence-corrected chi connectivity index (χ0v) is 10.2. The Morgan fingerprint density at radius 2 is 1.62 bits per heavy atom. The van der Waals surface area contributed by atoms with Crippen LogP contribution in [-0.4, -0.2) is 6.54 Å². The lowest BCUT2D eigenvalue weighted by Gasteiger charge is -2.20. The van der Waals surface area contributed by atoms with Gasteiger partial charge in [-0.2, -0.15) is 0 Å². The van der Waals surface area contributed by atoms with Gasteiger partial charge >= 0.3 is 0 Å². The maximum absolute atomic E-state index is 3.53. The first-order valence-corrected chi connectivity index (χ1v) is 5.78. The number of benzene rings is 2. The average molecular weight is 213 g/mol. The smallest absolute Gasteiger partial charge is 0.0420 e. The van der Waals surface area contributed by atoms with Gasteiger partial charge in [0.15, 0.2) is 0 Å². The van der Waals surface area contributed by atoms with Crippen LogP contribution in [0.2, 0.25) is 0 Å². The quantitative estimate of drug-likeness (QED) is 0.784. The molecule has 0 heterocycles. The second-order valence-corrected chi connectivity index (χ2v) is 5.44. The highest BCUT2D eigenvalue weighted by Crippen LogP contribution is 2.24. The number of hydrogen-bond acceptors (Lipinski definition) is 1. The van der Waals surface area contributed by atoms with Crippen LogP contribution in [0.25, 0.3) is 10.8 Å². The summed E-state index contributed by atoms with van der Waals surface area (Å²) in [5.74, 6) is 0. The molecule has 0 aliphatic carbocycles. The van der Waals surface area contributed by atoms with Gasteiger partial charge in [0.1, 0.15) is 0 Å². The van der Waals surface area contributed by atoms with E-state index in [1.807, 2.05) is 0 Å². The standard InChI is InChI=1S/C15H19N/c1-15(2,3)11-16-14-10-6-8-12-7-4-5-9-13(12)14/h4-10,16H,11H2,1-3H3. The highest BCUT2D eigenvalue weighted by Gasteiger charge is 2.10. The first-order valence-electron chi connectivity index (χ1n) is 5.78. The molecular weight excluding hydrogens is 194 g/mol. The first kappa shape index (κ1) is 11.0. The van der Waals surface area contributed by atoms with Crippen molar-refractivity contribution < 1.29 is 0 Å². The van der Waals surface area contributed by atoms with E-state index in [1.54, 1.807) is 0 Å². The summed E-state index contributed by atoms with van der Waals surface area (Å²) in [6.45, 7) is 7.71. The minimum Gasteiger partial charge on any atom is -0.384 e. The molecule has 0 atom stereocenters. The van der Waals surface area contributed by atoms with Crippen LogP contribution >= 0.6 is 0 Å². The van der Waals surface area contributed by atoms with E-state index in [0.29, 0.717) is 5.41 Å². The Labute approximate surface area is 97.5 Å². The molecule has 0 radical (unpaired) electrons. The van der Waals surface area contributed by atoms with Crippen molar-refractivity contribution in [1.82, 2.24) is 0 Å². The van der Waals surface area contributed by atoms with Crippen molar-refractivity contribution in [3.63, 3.8) is 0 Å². The minimum absolute atomic E-state index is 0.303. The molecule has 1 heteroatoms. The molecule has 2 rings (SSSR count). The predicted molar refractivity (Wildman–Crippen MR) is 71.9 cm³/mol. The normalized spacial score (nSPS) is 11.7. The van der Waals surface area contributed by atoms with E-state index in [9.17, 15) is 0 Å². The Morgan fingerprint density at radius 1 is 0.938 bits per heavy atom. The topological polar surface area (TPSA) is 12.0 Å². The minimum atomic E-state index is 0.303. The third kappa shape index (κ3) is 2.54. The summed E-state index contributed by atoms with van der Waals surface area (Å²) in [6.07, 6.45) is 0. The lowest BCUT2D eigenvalue weighted by Crippen LogP contribution is -2.19. The Morgan fingerprint density at radius 3 is 2.38 bits per heavy atom. The van der Waals surface area contributed by atoms with Crippen molar-refractivity contribution >= 4 is 16.5 Å². The largest absolute Gasteiger partial charge is 0.384 e. The van der Waals surface area contributed by atoms with Crippen LogP contribution in [0.15, 0.2) is 42.5 Å². The number of anilines is 1. The van der Waals surface area contributed by atoms with Crippen molar-refractivity contribution in [3.8, 4) is 0 Å². The molecule has 16 heavy (non-hydrogen) atoms. The highest BCUT2D eigenvalue weighted by atomic mass is 14.9. The zero-order valence-electron chi connectivity index (χ0n) is 10.2. The molecule has 0 bridgehead atoms. The van der Waals surface area contributed by atoms with Gasteiger partial charge in [0.05, 0.1) is 0 Å². The Kier molecular flexibility index (Phi) is 2.86. The molecule has 2 aromatic rings. The molecule has 0 aliphatic rings. The van der Waals surface area contributed by atoms with Gasteiger partial charge in [0, 0.05) is 17.6 Å². The van der Waals surface area contributed by atoms with Gasteiger partial charge in [0.25, 0.3) is 0 Å². The van der Waals surface area contributed by atoms with E-state index in [-0.39, 0.29) is 0 Å². The lowest BCUT2D eigenvalue weighted by molar-refractivity contribution is 0.443. The van der Waals surface area contributed by atoms with E-state index in [1.165, 1.54) is 16.5 Å². The summed E-state index contributed by atoms with van der Waals surface area (Å²) < 4.78 is 0. The van der Waals surface area contributed by atoms with Crippen LogP contribution in [0.5, 0.6) is 0 Å². The molecule has 1 nitrogen and oxygen atoms in total. The molecule has 0 spiro atoms. The second-order valence-electron chi connectivity index (χ2n) is 5.44. The maximum Gasteiger partial charge on any atom is 0.0420 e. The molecular formula is C15H19N. The van der Waals surface area contributed by atoms with E-state index in [2.05, 4.69) is 68.6 Å². The summed E-state index contributed by atoms with van der Waals surface area (Å²) in [5, 5.41) is 6.12. The molecule has 0 amide bonds. The van der Waals surface area contributed by atoms with Crippen LogP contribution in [-0.2, 0) is 0 Å². The fourth-order valence-corrected chi connectivity index (χ4v) is 1.74. The zero-order chi connectivity index (χ0) is 11.6. The molecule has 1 N–H and O–H groups in total. The van der Waals surface area contributed by atoms with Crippen LogP contribution in [0.3, 0.4) is 0 Å². The van der Waals surface area contributed by atoms with Gasteiger partial charge in [0.2, 0.25) is 0 Å². The Bertz CT molecular complexity index is 475. The molecule has 0 unspecified atom stereocenters. The van der Waals surface area contributed by atoms with Crippen molar-refractivity contribution in [1.29, 1.82) is 0 Å². The monoisotopic (exact) mass is 213 g/mol. The van der Waals surface area contributed by atoms with Crippen molar-refractivity contribution in [2.45, 2.75) is 20.8 Å². The van der Waals surface area contributed by atoms with E-state index >= 15 is 0 Å². The fourth-order valence-electron chi connectivity index (χ4n) is 1.74. The number of hydrogen-bond donors (Lipinski definition) is 1. The van der Waals surface area contributed by atoms with Crippen LogP contribution in [0, 0.1) is 5.41 Å². The predicted octanol–water partition coefficient (Wildman–Crippen LogP) is 4.30. The fraction of sp³-hybridized carbons (Fsp3) is 0.333. The van der Waals surface area contributed by atoms with Gasteiger partial charge in [-0.1, -0.05) is 57.2 Å². The van der Waals surface area contributed by atoms with E-state index in [4.69, 9.17) is 0 Å². The van der Waals surface area contributed by atoms with Gasteiger partial charge in [-0.05, 0) is 16.9 Å². The number of rotatable bonds is 2. The number of nitrogens with one attached hydrogen (secondary N) is 1. The van der Waals surface area contributed by atoms with Crippen molar-refractivity contribution in [2.75, 3.05) is 11.9 Å². The Balaban J connectivity index is 2.30. The SMILES string of the molecule is CC(C)(C)CNc1cccc2ccccc12. The number of fused-ring (bicyclic) bond motifs is 1. The third-order valence-electron chi connectivity index (χ3n) is 2.60. The van der Waals surface area contributed by atoms with Gasteiger partial charge in [-0.25, -0.2) is 0 Å². The lowest BCUT2D eigenvalue weighted by atomic mass is 9.96.